The van der Waals surface area contributed by atoms with Crippen LogP contribution in [-0.2, 0) is 11.2 Å². The van der Waals surface area contributed by atoms with E-state index in [-0.39, 0.29) is 5.91 Å². The van der Waals surface area contributed by atoms with Gasteiger partial charge < -0.3 is 19.4 Å². The summed E-state index contributed by atoms with van der Waals surface area (Å²) in [5, 5.41) is 1.13. The van der Waals surface area contributed by atoms with E-state index in [0.717, 1.165) is 54.8 Å². The van der Waals surface area contributed by atoms with Gasteiger partial charge in [-0.3, -0.25) is 4.79 Å². The van der Waals surface area contributed by atoms with Crippen LogP contribution in [0.25, 0.3) is 10.9 Å². The van der Waals surface area contributed by atoms with Crippen molar-refractivity contribution in [3.8, 4) is 11.5 Å². The molecule has 2 aromatic rings. The van der Waals surface area contributed by atoms with Gasteiger partial charge in [0, 0.05) is 42.7 Å². The number of nitrogens with zero attached hydrogens (tertiary/aromatic N) is 1. The molecule has 1 fully saturated rings. The molecule has 1 aliphatic heterocycles. The summed E-state index contributed by atoms with van der Waals surface area (Å²) in [5.74, 6) is 1.73. The third-order valence-corrected chi connectivity index (χ3v) is 4.34. The Kier molecular flexibility index (Phi) is 4.22. The number of benzene rings is 1. The molecule has 1 aromatic carbocycles. The van der Waals surface area contributed by atoms with Crippen molar-refractivity contribution in [2.75, 3.05) is 27.3 Å². The van der Waals surface area contributed by atoms with Crippen LogP contribution in [0.5, 0.6) is 11.5 Å². The Hall–Kier alpha value is -2.17. The molecule has 0 aliphatic carbocycles. The first kappa shape index (κ1) is 14.8. The maximum absolute atomic E-state index is 11.9. The average molecular weight is 302 g/mol. The van der Waals surface area contributed by atoms with E-state index in [0.29, 0.717) is 6.42 Å². The normalized spacial score (nSPS) is 15.4. The summed E-state index contributed by atoms with van der Waals surface area (Å²) in [5.41, 5.74) is 2.23. The zero-order valence-electron chi connectivity index (χ0n) is 13.1. The topological polar surface area (TPSA) is 54.6 Å². The van der Waals surface area contributed by atoms with Crippen molar-refractivity contribution in [3.63, 3.8) is 0 Å². The van der Waals surface area contributed by atoms with E-state index in [2.05, 4.69) is 4.98 Å². The number of aromatic amines is 1. The van der Waals surface area contributed by atoms with Crippen LogP contribution in [0.3, 0.4) is 0 Å². The number of carbonyl (C=O) groups excluding carboxylic acids is 1. The number of nitrogens with one attached hydrogen (secondary N) is 1. The predicted molar refractivity (Wildman–Crippen MR) is 85.5 cm³/mol. The molecule has 1 aliphatic rings. The van der Waals surface area contributed by atoms with E-state index in [4.69, 9.17) is 9.47 Å². The summed E-state index contributed by atoms with van der Waals surface area (Å²) in [4.78, 5) is 17.1. The number of hydrogen-bond donors (Lipinski definition) is 1. The fourth-order valence-electron chi connectivity index (χ4n) is 3.07. The quantitative estimate of drug-likeness (QED) is 0.924. The van der Waals surface area contributed by atoms with E-state index < -0.39 is 0 Å². The maximum atomic E-state index is 11.9. The molecule has 0 saturated carbocycles. The van der Waals surface area contributed by atoms with Crippen LogP contribution in [0.15, 0.2) is 18.3 Å². The second kappa shape index (κ2) is 6.30. The smallest absolute Gasteiger partial charge is 0.222 e. The highest BCUT2D eigenvalue weighted by Crippen LogP contribution is 2.33. The fourth-order valence-corrected chi connectivity index (χ4v) is 3.07. The van der Waals surface area contributed by atoms with Crippen molar-refractivity contribution in [2.45, 2.75) is 25.7 Å². The molecule has 3 rings (SSSR count). The van der Waals surface area contributed by atoms with Crippen LogP contribution in [0.4, 0.5) is 0 Å². The largest absolute Gasteiger partial charge is 0.493 e. The second-order valence-corrected chi connectivity index (χ2v) is 5.65. The molecule has 0 bridgehead atoms. The van der Waals surface area contributed by atoms with Gasteiger partial charge in [-0.05, 0) is 30.9 Å². The summed E-state index contributed by atoms with van der Waals surface area (Å²) in [7, 11) is 3.28. The molecule has 0 atom stereocenters. The fraction of sp³-hybridized carbons (Fsp3) is 0.471. The lowest BCUT2D eigenvalue weighted by Gasteiger charge is -2.26. The van der Waals surface area contributed by atoms with Gasteiger partial charge in [-0.25, -0.2) is 0 Å². The number of H-pyrrole nitrogens is 1. The predicted octanol–water partition coefficient (Wildman–Crippen LogP) is 2.74. The SMILES string of the molecule is COc1cc2[nH]cc(CCN3CCCCC3=O)c2cc1OC. The summed E-state index contributed by atoms with van der Waals surface area (Å²) in [6, 6.07) is 3.95. The van der Waals surface area contributed by atoms with E-state index in [9.17, 15) is 4.79 Å². The number of amides is 1. The van der Waals surface area contributed by atoms with E-state index in [1.807, 2.05) is 23.2 Å². The molecule has 0 radical (unpaired) electrons. The van der Waals surface area contributed by atoms with Crippen LogP contribution >= 0.6 is 0 Å². The minimum atomic E-state index is 0.283. The second-order valence-electron chi connectivity index (χ2n) is 5.65. The summed E-state index contributed by atoms with van der Waals surface area (Å²) in [6.45, 7) is 1.67. The standard InChI is InChI=1S/C17H22N2O3/c1-21-15-9-13-12(11-18-14(13)10-16(15)22-2)6-8-19-7-4-3-5-17(19)20/h9-11,18H,3-8H2,1-2H3. The molecular formula is C17H22N2O3. The highest BCUT2D eigenvalue weighted by Gasteiger charge is 2.18. The van der Waals surface area contributed by atoms with Crippen molar-refractivity contribution in [2.24, 2.45) is 0 Å². The van der Waals surface area contributed by atoms with Crippen molar-refractivity contribution >= 4 is 16.8 Å². The number of aromatic nitrogens is 1. The number of piperidine rings is 1. The Morgan fingerprint density at radius 1 is 1.18 bits per heavy atom. The van der Waals surface area contributed by atoms with Crippen molar-refractivity contribution in [3.05, 3.63) is 23.9 Å². The van der Waals surface area contributed by atoms with Gasteiger partial charge in [-0.15, -0.1) is 0 Å². The molecule has 5 nitrogen and oxygen atoms in total. The van der Waals surface area contributed by atoms with Crippen molar-refractivity contribution in [1.82, 2.24) is 9.88 Å². The van der Waals surface area contributed by atoms with Gasteiger partial charge in [0.2, 0.25) is 5.91 Å². The van der Waals surface area contributed by atoms with Crippen molar-refractivity contribution < 1.29 is 14.3 Å². The molecule has 1 N–H and O–H groups in total. The number of hydrogen-bond acceptors (Lipinski definition) is 3. The van der Waals surface area contributed by atoms with Crippen LogP contribution < -0.4 is 9.47 Å². The van der Waals surface area contributed by atoms with Gasteiger partial charge in [0.25, 0.3) is 0 Å². The van der Waals surface area contributed by atoms with Gasteiger partial charge in [-0.1, -0.05) is 0 Å². The van der Waals surface area contributed by atoms with Gasteiger partial charge in [0.15, 0.2) is 11.5 Å². The Labute approximate surface area is 130 Å². The number of methoxy groups -OCH3 is 2. The first-order valence-corrected chi connectivity index (χ1v) is 7.72. The van der Waals surface area contributed by atoms with Crippen molar-refractivity contribution in [1.29, 1.82) is 0 Å². The summed E-state index contributed by atoms with van der Waals surface area (Å²) >= 11 is 0. The highest BCUT2D eigenvalue weighted by atomic mass is 16.5. The molecule has 118 valence electrons. The average Bonchev–Trinajstić information content (AvgIpc) is 2.94. The minimum Gasteiger partial charge on any atom is -0.493 e. The van der Waals surface area contributed by atoms with Crippen LogP contribution in [0, 0.1) is 0 Å². The monoisotopic (exact) mass is 302 g/mol. The van der Waals surface area contributed by atoms with Gasteiger partial charge in [-0.2, -0.15) is 0 Å². The van der Waals surface area contributed by atoms with Crippen LogP contribution in [-0.4, -0.2) is 43.1 Å². The first-order valence-electron chi connectivity index (χ1n) is 7.72. The zero-order valence-corrected chi connectivity index (χ0v) is 13.1. The van der Waals surface area contributed by atoms with E-state index in [1.54, 1.807) is 14.2 Å². The molecule has 1 saturated heterocycles. The first-order chi connectivity index (χ1) is 10.7. The maximum Gasteiger partial charge on any atom is 0.222 e. The van der Waals surface area contributed by atoms with E-state index >= 15 is 0 Å². The van der Waals surface area contributed by atoms with E-state index in [1.165, 1.54) is 5.56 Å². The molecule has 1 amide bonds. The number of ether oxygens (including phenoxy) is 2. The van der Waals surface area contributed by atoms with Crippen LogP contribution in [0.2, 0.25) is 0 Å². The molecule has 0 spiro atoms. The highest BCUT2D eigenvalue weighted by molar-refractivity contribution is 5.87. The summed E-state index contributed by atoms with van der Waals surface area (Å²) in [6.07, 6.45) is 5.70. The molecule has 2 heterocycles. The number of fused-ring (bicyclic) bond motifs is 1. The number of likely N-dealkylation sites (tertiary alicyclic amines) is 1. The minimum absolute atomic E-state index is 0.283. The molecule has 1 aromatic heterocycles. The number of rotatable bonds is 5. The summed E-state index contributed by atoms with van der Waals surface area (Å²) < 4.78 is 10.7. The van der Waals surface area contributed by atoms with Crippen LogP contribution in [0.1, 0.15) is 24.8 Å². The Bertz CT molecular complexity index is 678. The molecule has 22 heavy (non-hydrogen) atoms. The van der Waals surface area contributed by atoms with Gasteiger partial charge in [0.1, 0.15) is 0 Å². The Morgan fingerprint density at radius 2 is 1.95 bits per heavy atom. The third kappa shape index (κ3) is 2.75. The van der Waals surface area contributed by atoms with Gasteiger partial charge in [0.05, 0.1) is 14.2 Å². The third-order valence-electron chi connectivity index (χ3n) is 4.34. The molecular weight excluding hydrogens is 280 g/mol. The molecule has 5 heteroatoms. The molecule has 0 unspecified atom stereocenters. The number of carbonyl (C=O) groups is 1. The van der Waals surface area contributed by atoms with Gasteiger partial charge >= 0.3 is 0 Å². The lowest BCUT2D eigenvalue weighted by atomic mass is 10.1. The Morgan fingerprint density at radius 3 is 2.68 bits per heavy atom. The zero-order chi connectivity index (χ0) is 15.5. The lowest BCUT2D eigenvalue weighted by molar-refractivity contribution is -0.133. The lowest BCUT2D eigenvalue weighted by Crippen LogP contribution is -2.36. The Balaban J connectivity index is 1.80.